The van der Waals surface area contributed by atoms with Gasteiger partial charge >= 0.3 is 0 Å². The lowest BCUT2D eigenvalue weighted by molar-refractivity contribution is -0.0521. The predicted octanol–water partition coefficient (Wildman–Crippen LogP) is 1.14. The summed E-state index contributed by atoms with van der Waals surface area (Å²) in [5, 5.41) is 19.7. The third-order valence-electron chi connectivity index (χ3n) is 2.39. The van der Waals surface area contributed by atoms with Gasteiger partial charge in [-0.3, -0.25) is 0 Å². The van der Waals surface area contributed by atoms with E-state index in [2.05, 4.69) is 4.98 Å². The van der Waals surface area contributed by atoms with Crippen LogP contribution in [0.5, 0.6) is 0 Å². The normalized spacial score (nSPS) is 14.4. The fraction of sp³-hybridized carbons (Fsp3) is 0.364. The molecule has 15 heavy (non-hydrogen) atoms. The van der Waals surface area contributed by atoms with Crippen molar-refractivity contribution in [2.75, 3.05) is 0 Å². The third kappa shape index (κ3) is 1.73. The highest BCUT2D eigenvalue weighted by atomic mass is 16.3. The summed E-state index contributed by atoms with van der Waals surface area (Å²) in [6.07, 6.45) is 2.44. The van der Waals surface area contributed by atoms with E-state index in [1.54, 1.807) is 24.4 Å². The van der Waals surface area contributed by atoms with Gasteiger partial charge in [0.25, 0.3) is 0 Å². The first kappa shape index (κ1) is 10.1. The standard InChI is InChI=1S/C11H14N2O2/c1-11(2,15)10(14)8-7-12-9-5-3-4-6-13(8)9/h3-7,10,14-15H,1-2H3/t10-/m1/s1. The Labute approximate surface area is 87.8 Å². The van der Waals surface area contributed by atoms with Crippen LogP contribution < -0.4 is 0 Å². The van der Waals surface area contributed by atoms with Gasteiger partial charge in [-0.15, -0.1) is 0 Å². The highest BCUT2D eigenvalue weighted by Gasteiger charge is 2.28. The Morgan fingerprint density at radius 1 is 1.40 bits per heavy atom. The number of fused-ring (bicyclic) bond motifs is 1. The minimum Gasteiger partial charge on any atom is -0.387 e. The molecule has 0 aliphatic carbocycles. The van der Waals surface area contributed by atoms with Crippen molar-refractivity contribution in [3.63, 3.8) is 0 Å². The maximum atomic E-state index is 9.93. The Morgan fingerprint density at radius 2 is 2.13 bits per heavy atom. The molecule has 0 saturated carbocycles. The smallest absolute Gasteiger partial charge is 0.136 e. The summed E-state index contributed by atoms with van der Waals surface area (Å²) >= 11 is 0. The van der Waals surface area contributed by atoms with E-state index in [1.165, 1.54) is 0 Å². The lowest BCUT2D eigenvalue weighted by Crippen LogP contribution is -2.29. The molecule has 0 aliphatic rings. The van der Waals surface area contributed by atoms with E-state index in [0.717, 1.165) is 5.65 Å². The van der Waals surface area contributed by atoms with Crippen molar-refractivity contribution >= 4 is 5.65 Å². The fourth-order valence-corrected chi connectivity index (χ4v) is 1.52. The molecule has 0 aromatic carbocycles. The number of rotatable bonds is 2. The van der Waals surface area contributed by atoms with E-state index >= 15 is 0 Å². The van der Waals surface area contributed by atoms with Crippen molar-refractivity contribution in [2.45, 2.75) is 25.6 Å². The van der Waals surface area contributed by atoms with Crippen molar-refractivity contribution in [1.82, 2.24) is 9.38 Å². The van der Waals surface area contributed by atoms with Gasteiger partial charge in [0.05, 0.1) is 17.5 Å². The van der Waals surface area contributed by atoms with Crippen LogP contribution in [0, 0.1) is 0 Å². The van der Waals surface area contributed by atoms with Crippen LogP contribution in [0.25, 0.3) is 5.65 Å². The minimum atomic E-state index is -1.17. The third-order valence-corrected chi connectivity index (χ3v) is 2.39. The van der Waals surface area contributed by atoms with Gasteiger partial charge in [0.2, 0.25) is 0 Å². The number of aromatic nitrogens is 2. The second-order valence-corrected chi connectivity index (χ2v) is 4.17. The van der Waals surface area contributed by atoms with E-state index in [9.17, 15) is 10.2 Å². The molecule has 0 bridgehead atoms. The number of nitrogens with zero attached hydrogens (tertiary/aromatic N) is 2. The van der Waals surface area contributed by atoms with E-state index in [-0.39, 0.29) is 0 Å². The lowest BCUT2D eigenvalue weighted by Gasteiger charge is -2.23. The summed E-state index contributed by atoms with van der Waals surface area (Å²) in [5.74, 6) is 0. The van der Waals surface area contributed by atoms with Crippen molar-refractivity contribution in [3.8, 4) is 0 Å². The summed E-state index contributed by atoms with van der Waals surface area (Å²) in [6, 6.07) is 5.58. The highest BCUT2D eigenvalue weighted by Crippen LogP contribution is 2.25. The maximum absolute atomic E-state index is 9.93. The van der Waals surface area contributed by atoms with Crippen LogP contribution in [0.4, 0.5) is 0 Å². The monoisotopic (exact) mass is 206 g/mol. The number of hydrogen-bond donors (Lipinski definition) is 2. The van der Waals surface area contributed by atoms with Gasteiger partial charge in [-0.2, -0.15) is 0 Å². The predicted molar refractivity (Wildman–Crippen MR) is 56.4 cm³/mol. The number of imidazole rings is 1. The Hall–Kier alpha value is -1.39. The van der Waals surface area contributed by atoms with E-state index in [1.807, 2.05) is 24.4 Å². The van der Waals surface area contributed by atoms with Gasteiger partial charge in [0.1, 0.15) is 11.8 Å². The molecule has 0 saturated heterocycles. The van der Waals surface area contributed by atoms with Gasteiger partial charge in [-0.25, -0.2) is 4.98 Å². The van der Waals surface area contributed by atoms with Crippen molar-refractivity contribution < 1.29 is 10.2 Å². The molecule has 0 fully saturated rings. The van der Waals surface area contributed by atoms with E-state index in [0.29, 0.717) is 5.69 Å². The van der Waals surface area contributed by atoms with Crippen LogP contribution in [-0.4, -0.2) is 25.2 Å². The molecule has 0 aliphatic heterocycles. The van der Waals surface area contributed by atoms with Crippen LogP contribution in [-0.2, 0) is 0 Å². The summed E-state index contributed by atoms with van der Waals surface area (Å²) < 4.78 is 1.77. The molecule has 4 nitrogen and oxygen atoms in total. The van der Waals surface area contributed by atoms with Crippen LogP contribution in [0.3, 0.4) is 0 Å². The van der Waals surface area contributed by atoms with Gasteiger partial charge in [-0.05, 0) is 26.0 Å². The van der Waals surface area contributed by atoms with Crippen LogP contribution in [0.15, 0.2) is 30.6 Å². The molecule has 1 atom stereocenters. The first-order valence-corrected chi connectivity index (χ1v) is 4.82. The Morgan fingerprint density at radius 3 is 2.80 bits per heavy atom. The van der Waals surface area contributed by atoms with Gasteiger partial charge in [0, 0.05) is 6.20 Å². The molecule has 0 amide bonds. The molecular weight excluding hydrogens is 192 g/mol. The van der Waals surface area contributed by atoms with Gasteiger partial charge in [-0.1, -0.05) is 6.07 Å². The fourth-order valence-electron chi connectivity index (χ4n) is 1.52. The molecule has 0 unspecified atom stereocenters. The number of aliphatic hydroxyl groups excluding tert-OH is 1. The van der Waals surface area contributed by atoms with E-state index < -0.39 is 11.7 Å². The molecule has 2 N–H and O–H groups in total. The SMILES string of the molecule is CC(C)(O)[C@H](O)c1cnc2ccccn12. The molecule has 2 heterocycles. The first-order chi connectivity index (χ1) is 7.00. The molecule has 80 valence electrons. The van der Waals surface area contributed by atoms with Crippen LogP contribution in [0.2, 0.25) is 0 Å². The Bertz CT molecular complexity index is 471. The molecule has 2 rings (SSSR count). The average molecular weight is 206 g/mol. The minimum absolute atomic E-state index is 0.595. The van der Waals surface area contributed by atoms with Crippen molar-refractivity contribution in [3.05, 3.63) is 36.3 Å². The molecule has 4 heteroatoms. The quantitative estimate of drug-likeness (QED) is 0.774. The second kappa shape index (κ2) is 3.32. The van der Waals surface area contributed by atoms with Crippen LogP contribution in [0.1, 0.15) is 25.6 Å². The topological polar surface area (TPSA) is 57.8 Å². The molecule has 0 spiro atoms. The number of pyridine rings is 1. The molecular formula is C11H14N2O2. The zero-order chi connectivity index (χ0) is 11.1. The number of hydrogen-bond acceptors (Lipinski definition) is 3. The summed E-state index contributed by atoms with van der Waals surface area (Å²) in [7, 11) is 0. The number of aliphatic hydroxyl groups is 2. The summed E-state index contributed by atoms with van der Waals surface area (Å²) in [6.45, 7) is 3.14. The highest BCUT2D eigenvalue weighted by molar-refractivity contribution is 5.40. The van der Waals surface area contributed by atoms with Gasteiger partial charge < -0.3 is 14.6 Å². The van der Waals surface area contributed by atoms with Crippen molar-refractivity contribution in [2.24, 2.45) is 0 Å². The lowest BCUT2D eigenvalue weighted by atomic mass is 10.00. The molecule has 2 aromatic heterocycles. The summed E-state index contributed by atoms with van der Waals surface area (Å²) in [5.41, 5.74) is 0.181. The average Bonchev–Trinajstić information content (AvgIpc) is 2.58. The maximum Gasteiger partial charge on any atom is 0.136 e. The van der Waals surface area contributed by atoms with Crippen molar-refractivity contribution in [1.29, 1.82) is 0 Å². The first-order valence-electron chi connectivity index (χ1n) is 4.82. The molecule has 0 radical (unpaired) electrons. The van der Waals surface area contributed by atoms with Gasteiger partial charge in [0.15, 0.2) is 0 Å². The van der Waals surface area contributed by atoms with E-state index in [4.69, 9.17) is 0 Å². The second-order valence-electron chi connectivity index (χ2n) is 4.17. The largest absolute Gasteiger partial charge is 0.387 e. The zero-order valence-electron chi connectivity index (χ0n) is 8.75. The Balaban J connectivity index is 2.53. The molecule has 2 aromatic rings. The Kier molecular flexibility index (Phi) is 2.25. The van der Waals surface area contributed by atoms with Crippen LogP contribution >= 0.6 is 0 Å². The zero-order valence-corrected chi connectivity index (χ0v) is 8.75. The summed E-state index contributed by atoms with van der Waals surface area (Å²) in [4.78, 5) is 4.15.